The molecule has 0 aromatic rings. The van der Waals surface area contributed by atoms with E-state index in [1.807, 2.05) is 0 Å². The van der Waals surface area contributed by atoms with Gasteiger partial charge in [-0.3, -0.25) is 9.80 Å². The summed E-state index contributed by atoms with van der Waals surface area (Å²) in [7, 11) is 0. The summed E-state index contributed by atoms with van der Waals surface area (Å²) >= 11 is 0. The van der Waals surface area contributed by atoms with E-state index in [1.54, 1.807) is 0 Å². The highest BCUT2D eigenvalue weighted by Crippen LogP contribution is 2.17. The Morgan fingerprint density at radius 2 is 1.69 bits per heavy atom. The first-order valence-electron chi connectivity index (χ1n) is 6.44. The van der Waals surface area contributed by atoms with E-state index >= 15 is 0 Å². The lowest BCUT2D eigenvalue weighted by atomic mass is 10.0. The number of nitrogens with zero attached hydrogens (tertiary/aromatic N) is 2. The molecule has 2 fully saturated rings. The zero-order valence-corrected chi connectivity index (χ0v) is 10.7. The first-order chi connectivity index (χ1) is 7.68. The second-order valence-corrected chi connectivity index (χ2v) is 5.44. The fourth-order valence-corrected chi connectivity index (χ4v) is 2.68. The molecule has 2 aliphatic heterocycles. The largest absolute Gasteiger partial charge is 0.379 e. The zero-order valence-electron chi connectivity index (χ0n) is 10.7. The molecule has 2 saturated heterocycles. The first kappa shape index (κ1) is 12.3. The van der Waals surface area contributed by atoms with Gasteiger partial charge in [-0.25, -0.2) is 0 Å². The summed E-state index contributed by atoms with van der Waals surface area (Å²) in [6, 6.07) is 0. The summed E-state index contributed by atoms with van der Waals surface area (Å²) < 4.78 is 5.39. The van der Waals surface area contributed by atoms with Gasteiger partial charge in [0.05, 0.1) is 13.2 Å². The molecule has 0 aromatic carbocycles. The third kappa shape index (κ3) is 3.17. The van der Waals surface area contributed by atoms with Crippen molar-refractivity contribution < 1.29 is 4.74 Å². The van der Waals surface area contributed by atoms with Crippen LogP contribution in [0, 0.1) is 0 Å². The highest BCUT2D eigenvalue weighted by molar-refractivity contribution is 4.88. The molecule has 94 valence electrons. The van der Waals surface area contributed by atoms with Gasteiger partial charge < -0.3 is 10.1 Å². The number of piperazine rings is 1. The number of rotatable bonds is 3. The van der Waals surface area contributed by atoms with Crippen LogP contribution in [0.2, 0.25) is 0 Å². The van der Waals surface area contributed by atoms with Crippen LogP contribution < -0.4 is 5.32 Å². The second-order valence-electron chi connectivity index (χ2n) is 5.44. The number of morpholine rings is 1. The van der Waals surface area contributed by atoms with Crippen LogP contribution in [-0.2, 0) is 4.74 Å². The van der Waals surface area contributed by atoms with Crippen LogP contribution in [0.25, 0.3) is 0 Å². The molecule has 0 bridgehead atoms. The van der Waals surface area contributed by atoms with Crippen molar-refractivity contribution in [3.05, 3.63) is 0 Å². The number of ether oxygens (including phenoxy) is 1. The fraction of sp³-hybridized carbons (Fsp3) is 1.00. The lowest BCUT2D eigenvalue weighted by molar-refractivity contribution is 0.00135. The van der Waals surface area contributed by atoms with Crippen molar-refractivity contribution in [2.24, 2.45) is 0 Å². The molecule has 0 aliphatic carbocycles. The molecule has 0 saturated carbocycles. The third-order valence-corrected chi connectivity index (χ3v) is 3.69. The molecule has 2 heterocycles. The van der Waals surface area contributed by atoms with Crippen LogP contribution in [-0.4, -0.2) is 74.4 Å². The van der Waals surface area contributed by atoms with Crippen molar-refractivity contribution in [1.82, 2.24) is 15.1 Å². The molecule has 4 heteroatoms. The van der Waals surface area contributed by atoms with Crippen molar-refractivity contribution in [3.8, 4) is 0 Å². The monoisotopic (exact) mass is 227 g/mol. The van der Waals surface area contributed by atoms with Crippen molar-refractivity contribution in [2.75, 3.05) is 59.0 Å². The first-order valence-corrected chi connectivity index (χ1v) is 6.44. The number of nitrogens with one attached hydrogen (secondary N) is 1. The molecule has 0 unspecified atom stereocenters. The van der Waals surface area contributed by atoms with E-state index in [-0.39, 0.29) is 0 Å². The van der Waals surface area contributed by atoms with E-state index < -0.39 is 0 Å². The molecule has 1 N–H and O–H groups in total. The van der Waals surface area contributed by atoms with Crippen molar-refractivity contribution >= 4 is 0 Å². The standard InChI is InChI=1S/C12H25N3O/c1-12(2,15-5-3-13-4-6-15)11-14-7-9-16-10-8-14/h13H,3-11H2,1-2H3. The normalized spacial score (nSPS) is 25.9. The molecule has 2 rings (SSSR count). The molecule has 0 aromatic heterocycles. The fourth-order valence-electron chi connectivity index (χ4n) is 2.68. The van der Waals surface area contributed by atoms with Gasteiger partial charge in [0.1, 0.15) is 0 Å². The topological polar surface area (TPSA) is 27.7 Å². The van der Waals surface area contributed by atoms with Crippen LogP contribution in [0.5, 0.6) is 0 Å². The van der Waals surface area contributed by atoms with E-state index in [0.29, 0.717) is 5.54 Å². The highest BCUT2D eigenvalue weighted by Gasteiger charge is 2.30. The highest BCUT2D eigenvalue weighted by atomic mass is 16.5. The van der Waals surface area contributed by atoms with Gasteiger partial charge in [0.2, 0.25) is 0 Å². The minimum absolute atomic E-state index is 0.291. The van der Waals surface area contributed by atoms with Crippen molar-refractivity contribution in [1.29, 1.82) is 0 Å². The van der Waals surface area contributed by atoms with E-state index in [2.05, 4.69) is 29.0 Å². The zero-order chi connectivity index (χ0) is 11.4. The Morgan fingerprint density at radius 3 is 2.31 bits per heavy atom. The molecule has 0 radical (unpaired) electrons. The van der Waals surface area contributed by atoms with Crippen LogP contribution in [0.15, 0.2) is 0 Å². The second kappa shape index (κ2) is 5.45. The minimum Gasteiger partial charge on any atom is -0.379 e. The summed E-state index contributed by atoms with van der Waals surface area (Å²) in [4.78, 5) is 5.14. The van der Waals surface area contributed by atoms with Gasteiger partial charge in [-0.15, -0.1) is 0 Å². The number of hydrogen-bond donors (Lipinski definition) is 1. The molecule has 0 atom stereocenters. The Labute approximate surface area is 98.9 Å². The minimum atomic E-state index is 0.291. The maximum absolute atomic E-state index is 5.39. The predicted molar refractivity (Wildman–Crippen MR) is 65.8 cm³/mol. The molecule has 0 amide bonds. The molecule has 0 spiro atoms. The molecule has 2 aliphatic rings. The third-order valence-electron chi connectivity index (χ3n) is 3.69. The Hall–Kier alpha value is -0.160. The summed E-state index contributed by atoms with van der Waals surface area (Å²) in [5, 5.41) is 3.42. The molecular formula is C12H25N3O. The van der Waals surface area contributed by atoms with Gasteiger partial charge in [0, 0.05) is 51.4 Å². The summed E-state index contributed by atoms with van der Waals surface area (Å²) in [5.74, 6) is 0. The van der Waals surface area contributed by atoms with Gasteiger partial charge in [-0.1, -0.05) is 0 Å². The molecule has 4 nitrogen and oxygen atoms in total. The molecule has 16 heavy (non-hydrogen) atoms. The van der Waals surface area contributed by atoms with Crippen LogP contribution in [0.3, 0.4) is 0 Å². The van der Waals surface area contributed by atoms with Gasteiger partial charge in [0.25, 0.3) is 0 Å². The Morgan fingerprint density at radius 1 is 1.06 bits per heavy atom. The lowest BCUT2D eigenvalue weighted by Crippen LogP contribution is -2.58. The Kier molecular flexibility index (Phi) is 4.19. The number of hydrogen-bond acceptors (Lipinski definition) is 4. The summed E-state index contributed by atoms with van der Waals surface area (Å²) in [5.41, 5.74) is 0.291. The average molecular weight is 227 g/mol. The van der Waals surface area contributed by atoms with Crippen molar-refractivity contribution in [2.45, 2.75) is 19.4 Å². The van der Waals surface area contributed by atoms with Crippen molar-refractivity contribution in [3.63, 3.8) is 0 Å². The van der Waals surface area contributed by atoms with Crippen LogP contribution in [0.1, 0.15) is 13.8 Å². The van der Waals surface area contributed by atoms with Crippen LogP contribution in [0.4, 0.5) is 0 Å². The van der Waals surface area contributed by atoms with Crippen LogP contribution >= 0.6 is 0 Å². The SMILES string of the molecule is CC(C)(CN1CCOCC1)N1CCNCC1. The van der Waals surface area contributed by atoms with Gasteiger partial charge in [-0.05, 0) is 13.8 Å². The Bertz CT molecular complexity index is 208. The predicted octanol–water partition coefficient (Wildman–Crippen LogP) is 0.00240. The van der Waals surface area contributed by atoms with E-state index in [0.717, 1.165) is 45.9 Å². The summed E-state index contributed by atoms with van der Waals surface area (Å²) in [6.07, 6.45) is 0. The average Bonchev–Trinajstić information content (AvgIpc) is 2.31. The van der Waals surface area contributed by atoms with E-state index in [9.17, 15) is 0 Å². The van der Waals surface area contributed by atoms with E-state index in [4.69, 9.17) is 4.74 Å². The van der Waals surface area contributed by atoms with E-state index in [1.165, 1.54) is 13.1 Å². The quantitative estimate of drug-likeness (QED) is 0.735. The molecular weight excluding hydrogens is 202 g/mol. The van der Waals surface area contributed by atoms with Gasteiger partial charge in [-0.2, -0.15) is 0 Å². The Balaban J connectivity index is 1.84. The lowest BCUT2D eigenvalue weighted by Gasteiger charge is -2.44. The summed E-state index contributed by atoms with van der Waals surface area (Å²) in [6.45, 7) is 14.5. The smallest absolute Gasteiger partial charge is 0.0594 e. The van der Waals surface area contributed by atoms with Gasteiger partial charge >= 0.3 is 0 Å². The maximum Gasteiger partial charge on any atom is 0.0594 e. The maximum atomic E-state index is 5.39. The van der Waals surface area contributed by atoms with Gasteiger partial charge in [0.15, 0.2) is 0 Å².